The first-order valence-corrected chi connectivity index (χ1v) is 10.7. The summed E-state index contributed by atoms with van der Waals surface area (Å²) in [5.41, 5.74) is 4.43. The van der Waals surface area contributed by atoms with Crippen LogP contribution in [0.4, 0.5) is 0 Å². The molecule has 0 saturated heterocycles. The number of hydrogen-bond donors (Lipinski definition) is 1. The van der Waals surface area contributed by atoms with E-state index in [0.29, 0.717) is 46.1 Å². The molecule has 6 nitrogen and oxygen atoms in total. The number of allylic oxidation sites excluding steroid dienone is 4. The number of rotatable bonds is 3. The van der Waals surface area contributed by atoms with Gasteiger partial charge in [0.2, 0.25) is 6.79 Å². The van der Waals surface area contributed by atoms with Gasteiger partial charge in [-0.15, -0.1) is 0 Å². The molecule has 5 rings (SSSR count). The van der Waals surface area contributed by atoms with E-state index >= 15 is 0 Å². The second-order valence-electron chi connectivity index (χ2n) is 8.13. The summed E-state index contributed by atoms with van der Waals surface area (Å²) in [6, 6.07) is 13.6. The van der Waals surface area contributed by atoms with Gasteiger partial charge in [-0.05, 0) is 48.6 Å². The van der Waals surface area contributed by atoms with Crippen LogP contribution in [0, 0.1) is 11.3 Å². The third-order valence-corrected chi connectivity index (χ3v) is 6.67. The van der Waals surface area contributed by atoms with Gasteiger partial charge in [-0.3, -0.25) is 4.79 Å². The van der Waals surface area contributed by atoms with E-state index in [1.807, 2.05) is 31.2 Å². The maximum Gasteiger partial charge on any atom is 0.231 e. The quantitative estimate of drug-likeness (QED) is 0.714. The van der Waals surface area contributed by atoms with Crippen molar-refractivity contribution in [3.8, 4) is 23.3 Å². The molecule has 0 saturated carbocycles. The van der Waals surface area contributed by atoms with Crippen molar-refractivity contribution < 1.29 is 19.0 Å². The Hall–Kier alpha value is -3.43. The average Bonchev–Trinajstić information content (AvgIpc) is 3.24. The molecule has 1 N–H and O–H groups in total. The number of dihydropyridines is 1. The third kappa shape index (κ3) is 3.30. The molecule has 162 valence electrons. The van der Waals surface area contributed by atoms with Gasteiger partial charge in [0.15, 0.2) is 17.3 Å². The van der Waals surface area contributed by atoms with Crippen LogP contribution in [-0.4, -0.2) is 19.7 Å². The second kappa shape index (κ2) is 7.92. The highest BCUT2D eigenvalue weighted by atomic mass is 35.5. The smallest absolute Gasteiger partial charge is 0.231 e. The molecule has 0 bridgehead atoms. The van der Waals surface area contributed by atoms with E-state index in [-0.39, 0.29) is 18.5 Å². The normalized spacial score (nSPS) is 21.8. The lowest BCUT2D eigenvalue weighted by molar-refractivity contribution is -0.116. The minimum atomic E-state index is -0.539. The number of Topliss-reactive ketones (excluding diaryl/α,β-unsaturated/α-hetero) is 1. The van der Waals surface area contributed by atoms with Crippen molar-refractivity contribution in [3.05, 3.63) is 75.1 Å². The molecule has 0 spiro atoms. The lowest BCUT2D eigenvalue weighted by Crippen LogP contribution is -2.33. The monoisotopic (exact) mass is 448 g/mol. The zero-order chi connectivity index (χ0) is 22.4. The molecule has 1 aliphatic carbocycles. The third-order valence-electron chi connectivity index (χ3n) is 6.34. The van der Waals surface area contributed by atoms with Gasteiger partial charge >= 0.3 is 0 Å². The van der Waals surface area contributed by atoms with E-state index in [1.54, 1.807) is 19.2 Å². The van der Waals surface area contributed by atoms with Crippen molar-refractivity contribution in [2.24, 2.45) is 0 Å². The van der Waals surface area contributed by atoms with Crippen LogP contribution in [0.15, 0.2) is 58.9 Å². The molecule has 0 amide bonds. The molecule has 2 aromatic carbocycles. The highest BCUT2D eigenvalue weighted by Gasteiger charge is 2.40. The molecule has 2 atom stereocenters. The average molecular weight is 449 g/mol. The minimum Gasteiger partial charge on any atom is -0.497 e. The molecule has 0 unspecified atom stereocenters. The number of nitrogens with zero attached hydrogens (tertiary/aromatic N) is 1. The van der Waals surface area contributed by atoms with Gasteiger partial charge in [-0.1, -0.05) is 23.7 Å². The van der Waals surface area contributed by atoms with Crippen molar-refractivity contribution in [1.82, 2.24) is 5.32 Å². The zero-order valence-corrected chi connectivity index (χ0v) is 18.5. The van der Waals surface area contributed by atoms with Gasteiger partial charge in [-0.2, -0.15) is 5.26 Å². The number of fused-ring (bicyclic) bond motifs is 1. The summed E-state index contributed by atoms with van der Waals surface area (Å²) in [5, 5.41) is 13.7. The molecule has 2 heterocycles. The van der Waals surface area contributed by atoms with Crippen LogP contribution in [0.5, 0.6) is 17.2 Å². The number of ketones is 1. The summed E-state index contributed by atoms with van der Waals surface area (Å²) in [5.74, 6) is 1.43. The van der Waals surface area contributed by atoms with E-state index in [2.05, 4.69) is 11.4 Å². The van der Waals surface area contributed by atoms with Crippen molar-refractivity contribution >= 4 is 17.4 Å². The summed E-state index contributed by atoms with van der Waals surface area (Å²) < 4.78 is 16.2. The molecule has 0 fully saturated rings. The van der Waals surface area contributed by atoms with Crippen LogP contribution < -0.4 is 19.5 Å². The Morgan fingerprint density at radius 1 is 1.16 bits per heavy atom. The fourth-order valence-corrected chi connectivity index (χ4v) is 5.03. The SMILES string of the molecule is COc1ccc([C@@H]2CC(=O)C3=C(C2)NC(C)=C(C#N)[C@@H]3c2cc3c(cc2Cl)OCO3)cc1. The number of nitriles is 1. The Morgan fingerprint density at radius 3 is 2.56 bits per heavy atom. The van der Waals surface area contributed by atoms with Crippen LogP contribution in [-0.2, 0) is 4.79 Å². The van der Waals surface area contributed by atoms with Crippen molar-refractivity contribution in [3.63, 3.8) is 0 Å². The standard InChI is InChI=1S/C25H21ClN2O4/c1-13-18(11-27)24(17-9-22-23(10-19(17)26)32-12-31-22)25-20(28-13)7-15(8-21(25)29)14-3-5-16(30-2)6-4-14/h3-6,9-10,15,24,28H,7-8,12H2,1-2H3/t15-,24-/m0/s1. The number of carbonyl (C=O) groups is 1. The Morgan fingerprint density at radius 2 is 1.88 bits per heavy atom. The molecule has 32 heavy (non-hydrogen) atoms. The van der Waals surface area contributed by atoms with Gasteiger partial charge < -0.3 is 19.5 Å². The number of hydrogen-bond acceptors (Lipinski definition) is 6. The van der Waals surface area contributed by atoms with Crippen molar-refractivity contribution in [2.75, 3.05) is 13.9 Å². The van der Waals surface area contributed by atoms with E-state index in [9.17, 15) is 10.1 Å². The van der Waals surface area contributed by atoms with Gasteiger partial charge in [-0.25, -0.2) is 0 Å². The van der Waals surface area contributed by atoms with Crippen LogP contribution in [0.25, 0.3) is 0 Å². The van der Waals surface area contributed by atoms with Gasteiger partial charge in [0, 0.05) is 34.5 Å². The molecule has 2 aromatic rings. The lowest BCUT2D eigenvalue weighted by Gasteiger charge is -2.36. The lowest BCUT2D eigenvalue weighted by atomic mass is 9.72. The Bertz CT molecular complexity index is 1220. The van der Waals surface area contributed by atoms with Gasteiger partial charge in [0.25, 0.3) is 0 Å². The van der Waals surface area contributed by atoms with Gasteiger partial charge in [0.05, 0.1) is 24.7 Å². The van der Waals surface area contributed by atoms with E-state index < -0.39 is 5.92 Å². The molecule has 0 aromatic heterocycles. The fraction of sp³-hybridized carbons (Fsp3) is 0.280. The van der Waals surface area contributed by atoms with Crippen LogP contribution in [0.1, 0.15) is 42.7 Å². The first-order valence-electron chi connectivity index (χ1n) is 10.4. The number of methoxy groups -OCH3 is 1. The maximum absolute atomic E-state index is 13.5. The first-order chi connectivity index (χ1) is 15.5. The predicted molar refractivity (Wildman–Crippen MR) is 119 cm³/mol. The molecule has 7 heteroatoms. The Labute approximate surface area is 191 Å². The summed E-state index contributed by atoms with van der Waals surface area (Å²) in [6.07, 6.45) is 1.03. The molecule has 2 aliphatic heterocycles. The minimum absolute atomic E-state index is 0.0125. The largest absolute Gasteiger partial charge is 0.497 e. The number of halogens is 1. The first kappa shape index (κ1) is 20.5. The zero-order valence-electron chi connectivity index (χ0n) is 17.7. The maximum atomic E-state index is 13.5. The molecular formula is C25H21ClN2O4. The molecular weight excluding hydrogens is 428 g/mol. The van der Waals surface area contributed by atoms with Crippen LogP contribution in [0.3, 0.4) is 0 Å². The van der Waals surface area contributed by atoms with E-state index in [4.69, 9.17) is 25.8 Å². The topological polar surface area (TPSA) is 80.6 Å². The van der Waals surface area contributed by atoms with E-state index in [1.165, 1.54) is 0 Å². The number of benzene rings is 2. The summed E-state index contributed by atoms with van der Waals surface area (Å²) in [7, 11) is 1.63. The van der Waals surface area contributed by atoms with Gasteiger partial charge in [0.1, 0.15) is 5.75 Å². The number of carbonyl (C=O) groups excluding carboxylic acids is 1. The molecule has 3 aliphatic rings. The van der Waals surface area contributed by atoms with E-state index in [0.717, 1.165) is 22.7 Å². The fourth-order valence-electron chi connectivity index (χ4n) is 4.76. The Balaban J connectivity index is 1.58. The molecule has 0 radical (unpaired) electrons. The number of nitrogens with one attached hydrogen (secondary N) is 1. The van der Waals surface area contributed by atoms with Crippen molar-refractivity contribution in [2.45, 2.75) is 31.6 Å². The number of ether oxygens (including phenoxy) is 3. The highest BCUT2D eigenvalue weighted by Crippen LogP contribution is 2.49. The summed E-state index contributed by atoms with van der Waals surface area (Å²) in [4.78, 5) is 13.5. The summed E-state index contributed by atoms with van der Waals surface area (Å²) in [6.45, 7) is 1.98. The van der Waals surface area contributed by atoms with Crippen LogP contribution >= 0.6 is 11.6 Å². The highest BCUT2D eigenvalue weighted by molar-refractivity contribution is 6.31. The summed E-state index contributed by atoms with van der Waals surface area (Å²) >= 11 is 6.61. The van der Waals surface area contributed by atoms with Crippen LogP contribution in [0.2, 0.25) is 5.02 Å². The van der Waals surface area contributed by atoms with Crippen molar-refractivity contribution in [1.29, 1.82) is 5.26 Å². The second-order valence-corrected chi connectivity index (χ2v) is 8.54. The Kier molecular flexibility index (Phi) is 5.07. The predicted octanol–water partition coefficient (Wildman–Crippen LogP) is 4.96.